The first-order valence-electron chi connectivity index (χ1n) is 10.00. The number of ether oxygens (including phenoxy) is 1. The Labute approximate surface area is 161 Å². The van der Waals surface area contributed by atoms with E-state index in [0.717, 1.165) is 63.1 Å². The zero-order valence-corrected chi connectivity index (χ0v) is 16.4. The van der Waals surface area contributed by atoms with Crippen LogP contribution in [0.15, 0.2) is 24.3 Å². The number of nitrogens with zero attached hydrogens (tertiary/aromatic N) is 2. The van der Waals surface area contributed by atoms with Crippen LogP contribution in [-0.2, 0) is 9.53 Å². The number of amides is 2. The lowest BCUT2D eigenvalue weighted by Crippen LogP contribution is -2.46. The van der Waals surface area contributed by atoms with Gasteiger partial charge in [-0.3, -0.25) is 9.59 Å². The Bertz CT molecular complexity index is 648. The summed E-state index contributed by atoms with van der Waals surface area (Å²) in [6.07, 6.45) is 3.92. The van der Waals surface area contributed by atoms with Crippen LogP contribution in [0.2, 0.25) is 0 Å². The van der Waals surface area contributed by atoms with E-state index in [1.54, 1.807) is 0 Å². The average molecular weight is 373 g/mol. The molecular weight excluding hydrogens is 342 g/mol. The molecule has 2 amide bonds. The lowest BCUT2D eigenvalue weighted by Gasteiger charge is -2.36. The second-order valence-electron chi connectivity index (χ2n) is 7.75. The Balaban J connectivity index is 1.63. The summed E-state index contributed by atoms with van der Waals surface area (Å²) >= 11 is 0. The van der Waals surface area contributed by atoms with Gasteiger partial charge in [-0.15, -0.1) is 0 Å². The minimum Gasteiger partial charge on any atom is -0.375 e. The van der Waals surface area contributed by atoms with Crippen LogP contribution in [0.4, 0.5) is 5.69 Å². The van der Waals surface area contributed by atoms with E-state index in [4.69, 9.17) is 4.74 Å². The van der Waals surface area contributed by atoms with Crippen molar-refractivity contribution in [1.82, 2.24) is 10.2 Å². The lowest BCUT2D eigenvalue weighted by atomic mass is 9.98. The third-order valence-corrected chi connectivity index (χ3v) is 5.68. The number of benzene rings is 1. The van der Waals surface area contributed by atoms with Crippen LogP contribution in [0.1, 0.15) is 43.0 Å². The molecule has 0 radical (unpaired) electrons. The molecule has 148 valence electrons. The number of piperidine rings is 2. The molecule has 0 bridgehead atoms. The summed E-state index contributed by atoms with van der Waals surface area (Å²) in [7, 11) is 1.53. The fourth-order valence-corrected chi connectivity index (χ4v) is 3.98. The molecule has 1 aromatic rings. The number of carbonyl (C=O) groups is 2. The monoisotopic (exact) mass is 373 g/mol. The Hall–Kier alpha value is -2.08. The van der Waals surface area contributed by atoms with Crippen molar-refractivity contribution in [1.29, 1.82) is 0 Å². The molecule has 2 aliphatic heterocycles. The van der Waals surface area contributed by atoms with E-state index in [2.05, 4.69) is 17.1 Å². The molecule has 2 saturated heterocycles. The molecule has 2 heterocycles. The van der Waals surface area contributed by atoms with Crippen molar-refractivity contribution in [3.63, 3.8) is 0 Å². The van der Waals surface area contributed by atoms with Crippen LogP contribution in [0.5, 0.6) is 0 Å². The molecule has 2 aliphatic rings. The molecule has 1 aromatic carbocycles. The molecule has 27 heavy (non-hydrogen) atoms. The van der Waals surface area contributed by atoms with Gasteiger partial charge >= 0.3 is 0 Å². The number of para-hydroxylation sites is 1. The fourth-order valence-electron chi connectivity index (χ4n) is 3.98. The van der Waals surface area contributed by atoms with E-state index < -0.39 is 0 Å². The molecule has 2 fully saturated rings. The van der Waals surface area contributed by atoms with E-state index in [1.165, 1.54) is 7.11 Å². The van der Waals surface area contributed by atoms with Crippen molar-refractivity contribution in [2.45, 2.75) is 38.6 Å². The highest BCUT2D eigenvalue weighted by Gasteiger charge is 2.27. The first-order chi connectivity index (χ1) is 13.1. The maximum absolute atomic E-state index is 13.1. The third-order valence-electron chi connectivity index (χ3n) is 5.68. The fraction of sp³-hybridized carbons (Fsp3) is 0.619. The number of rotatable bonds is 5. The molecule has 0 spiro atoms. The SMILES string of the molecule is COCC(=O)NC1CCN(c2ccccc2C(=O)N2CCC(C)CC2)CC1. The van der Waals surface area contributed by atoms with Gasteiger partial charge in [-0.1, -0.05) is 19.1 Å². The highest BCUT2D eigenvalue weighted by atomic mass is 16.5. The van der Waals surface area contributed by atoms with E-state index >= 15 is 0 Å². The summed E-state index contributed by atoms with van der Waals surface area (Å²) in [5.41, 5.74) is 1.82. The smallest absolute Gasteiger partial charge is 0.255 e. The summed E-state index contributed by atoms with van der Waals surface area (Å²) in [6.45, 7) is 5.72. The summed E-state index contributed by atoms with van der Waals surface area (Å²) in [5.74, 6) is 0.788. The standard InChI is InChI=1S/C21H31N3O3/c1-16-7-11-24(12-8-16)21(26)18-5-3-4-6-19(18)23-13-9-17(10-14-23)22-20(25)15-27-2/h3-6,16-17H,7-15H2,1-2H3,(H,22,25). The normalized spacial score (nSPS) is 19.2. The van der Waals surface area contributed by atoms with Crippen LogP contribution in [0, 0.1) is 5.92 Å². The molecule has 0 aliphatic carbocycles. The van der Waals surface area contributed by atoms with Crippen molar-refractivity contribution >= 4 is 17.5 Å². The Kier molecular flexibility index (Phi) is 6.72. The second-order valence-corrected chi connectivity index (χ2v) is 7.75. The number of hydrogen-bond donors (Lipinski definition) is 1. The van der Waals surface area contributed by atoms with Crippen LogP contribution in [0.3, 0.4) is 0 Å². The molecular formula is C21H31N3O3. The number of nitrogens with one attached hydrogen (secondary N) is 1. The number of carbonyl (C=O) groups excluding carboxylic acids is 2. The van der Waals surface area contributed by atoms with Gasteiger partial charge in [0.15, 0.2) is 0 Å². The second kappa shape index (κ2) is 9.22. The minimum atomic E-state index is -0.0640. The van der Waals surface area contributed by atoms with Crippen LogP contribution >= 0.6 is 0 Å². The summed E-state index contributed by atoms with van der Waals surface area (Å²) in [4.78, 5) is 29.1. The van der Waals surface area contributed by atoms with Gasteiger partial charge in [0.25, 0.3) is 5.91 Å². The van der Waals surface area contributed by atoms with Crippen molar-refractivity contribution < 1.29 is 14.3 Å². The quantitative estimate of drug-likeness (QED) is 0.860. The molecule has 0 atom stereocenters. The molecule has 0 aromatic heterocycles. The third kappa shape index (κ3) is 5.01. The largest absolute Gasteiger partial charge is 0.375 e. The van der Waals surface area contributed by atoms with Crippen molar-refractivity contribution in [2.75, 3.05) is 44.8 Å². The number of methoxy groups -OCH3 is 1. The summed E-state index contributed by atoms with van der Waals surface area (Å²) in [6, 6.07) is 8.11. The first kappa shape index (κ1) is 19.7. The zero-order chi connectivity index (χ0) is 19.2. The van der Waals surface area contributed by atoms with E-state index in [0.29, 0.717) is 5.92 Å². The number of anilines is 1. The first-order valence-corrected chi connectivity index (χ1v) is 10.00. The van der Waals surface area contributed by atoms with E-state index in [9.17, 15) is 9.59 Å². The molecule has 0 saturated carbocycles. The highest BCUT2D eigenvalue weighted by Crippen LogP contribution is 2.27. The number of hydrogen-bond acceptors (Lipinski definition) is 4. The lowest BCUT2D eigenvalue weighted by molar-refractivity contribution is -0.125. The van der Waals surface area contributed by atoms with Gasteiger partial charge in [-0.2, -0.15) is 0 Å². The van der Waals surface area contributed by atoms with E-state index in [1.807, 2.05) is 29.2 Å². The van der Waals surface area contributed by atoms with Gasteiger partial charge in [0.05, 0.1) is 5.56 Å². The Morgan fingerprint density at radius 3 is 2.41 bits per heavy atom. The Morgan fingerprint density at radius 1 is 1.07 bits per heavy atom. The van der Waals surface area contributed by atoms with Gasteiger partial charge < -0.3 is 19.9 Å². The van der Waals surface area contributed by atoms with Gasteiger partial charge in [0.1, 0.15) is 6.61 Å². The van der Waals surface area contributed by atoms with Crippen LogP contribution in [0.25, 0.3) is 0 Å². The van der Waals surface area contributed by atoms with Gasteiger partial charge in [-0.25, -0.2) is 0 Å². The van der Waals surface area contributed by atoms with Crippen molar-refractivity contribution in [3.8, 4) is 0 Å². The average Bonchev–Trinajstić information content (AvgIpc) is 2.69. The highest BCUT2D eigenvalue weighted by molar-refractivity contribution is 6.00. The minimum absolute atomic E-state index is 0.0640. The molecule has 6 heteroatoms. The predicted octanol–water partition coefficient (Wildman–Crippen LogP) is 2.29. The van der Waals surface area contributed by atoms with Gasteiger partial charge in [-0.05, 0) is 43.7 Å². The maximum Gasteiger partial charge on any atom is 0.255 e. The van der Waals surface area contributed by atoms with Crippen molar-refractivity contribution in [2.24, 2.45) is 5.92 Å². The molecule has 3 rings (SSSR count). The van der Waals surface area contributed by atoms with Crippen LogP contribution in [-0.4, -0.2) is 62.7 Å². The van der Waals surface area contributed by atoms with Crippen LogP contribution < -0.4 is 10.2 Å². The molecule has 6 nitrogen and oxygen atoms in total. The zero-order valence-electron chi connectivity index (χ0n) is 16.4. The predicted molar refractivity (Wildman–Crippen MR) is 106 cm³/mol. The summed E-state index contributed by atoms with van der Waals surface area (Å²) in [5, 5.41) is 3.02. The Morgan fingerprint density at radius 2 is 1.74 bits per heavy atom. The molecule has 1 N–H and O–H groups in total. The maximum atomic E-state index is 13.1. The van der Waals surface area contributed by atoms with Gasteiger partial charge in [0.2, 0.25) is 5.91 Å². The topological polar surface area (TPSA) is 61.9 Å². The van der Waals surface area contributed by atoms with Crippen molar-refractivity contribution in [3.05, 3.63) is 29.8 Å². The number of likely N-dealkylation sites (tertiary alicyclic amines) is 1. The van der Waals surface area contributed by atoms with E-state index in [-0.39, 0.29) is 24.5 Å². The van der Waals surface area contributed by atoms with Gasteiger partial charge in [0, 0.05) is 45.0 Å². The molecule has 0 unspecified atom stereocenters. The summed E-state index contributed by atoms with van der Waals surface area (Å²) < 4.78 is 4.88.